The van der Waals surface area contributed by atoms with Crippen LogP contribution in [0.5, 0.6) is 0 Å². The number of carbonyl (C=O) groups is 1. The minimum atomic E-state index is -0.223. The van der Waals surface area contributed by atoms with Crippen molar-refractivity contribution in [1.29, 1.82) is 0 Å². The van der Waals surface area contributed by atoms with Gasteiger partial charge in [0.15, 0.2) is 0 Å². The van der Waals surface area contributed by atoms with Gasteiger partial charge in [0.2, 0.25) is 5.91 Å². The van der Waals surface area contributed by atoms with E-state index in [2.05, 4.69) is 15.1 Å². The molecule has 2 atom stereocenters. The molecule has 110 valence electrons. The molecule has 0 saturated carbocycles. The molecule has 1 amide bonds. The molecule has 2 unspecified atom stereocenters. The maximum absolute atomic E-state index is 11.3. The van der Waals surface area contributed by atoms with Crippen LogP contribution in [-0.4, -0.2) is 67.1 Å². The average Bonchev–Trinajstić information content (AvgIpc) is 2.72. The molecule has 3 N–H and O–H groups in total. The lowest BCUT2D eigenvalue weighted by molar-refractivity contribution is -0.120. The largest absolute Gasteiger partial charge is 0.368 e. The van der Waals surface area contributed by atoms with E-state index in [0.717, 1.165) is 38.6 Å². The summed E-state index contributed by atoms with van der Waals surface area (Å²) in [7, 11) is 0. The molecule has 5 nitrogen and oxygen atoms in total. The molecular formula is C14H28N4O. The van der Waals surface area contributed by atoms with E-state index < -0.39 is 0 Å². The van der Waals surface area contributed by atoms with Gasteiger partial charge >= 0.3 is 0 Å². The van der Waals surface area contributed by atoms with Crippen LogP contribution in [0, 0.1) is 0 Å². The molecule has 0 aliphatic carbocycles. The molecule has 0 radical (unpaired) electrons. The van der Waals surface area contributed by atoms with Gasteiger partial charge in [-0.3, -0.25) is 9.69 Å². The molecule has 0 bridgehead atoms. The molecule has 2 fully saturated rings. The lowest BCUT2D eigenvalue weighted by atomic mass is 10.1. The first-order valence-corrected chi connectivity index (χ1v) is 7.69. The highest BCUT2D eigenvalue weighted by Gasteiger charge is 2.28. The number of fused-ring (bicyclic) bond motifs is 1. The molecule has 5 heteroatoms. The average molecular weight is 268 g/mol. The van der Waals surface area contributed by atoms with Crippen molar-refractivity contribution in [2.24, 2.45) is 5.73 Å². The number of hydrogen-bond donors (Lipinski definition) is 2. The molecule has 0 spiro atoms. The number of amides is 1. The van der Waals surface area contributed by atoms with Gasteiger partial charge in [0.05, 0.1) is 6.04 Å². The number of likely N-dealkylation sites (N-methyl/N-ethyl adjacent to an activating group) is 1. The third-order valence-electron chi connectivity index (χ3n) is 4.42. The lowest BCUT2D eigenvalue weighted by Gasteiger charge is -2.26. The summed E-state index contributed by atoms with van der Waals surface area (Å²) in [4.78, 5) is 16.5. The van der Waals surface area contributed by atoms with Crippen molar-refractivity contribution < 1.29 is 4.79 Å². The second-order valence-corrected chi connectivity index (χ2v) is 5.79. The number of rotatable bonds is 6. The van der Waals surface area contributed by atoms with Crippen LogP contribution < -0.4 is 11.1 Å². The lowest BCUT2D eigenvalue weighted by Crippen LogP contribution is -2.44. The third kappa shape index (κ3) is 4.16. The monoisotopic (exact) mass is 268 g/mol. The summed E-state index contributed by atoms with van der Waals surface area (Å²) >= 11 is 0. The number of primary amides is 1. The fraction of sp³-hybridized carbons (Fsp3) is 0.929. The maximum Gasteiger partial charge on any atom is 0.234 e. The van der Waals surface area contributed by atoms with Crippen molar-refractivity contribution in [3.05, 3.63) is 0 Å². The van der Waals surface area contributed by atoms with E-state index in [-0.39, 0.29) is 11.9 Å². The van der Waals surface area contributed by atoms with E-state index in [1.54, 1.807) is 0 Å². The summed E-state index contributed by atoms with van der Waals surface area (Å²) in [5.41, 5.74) is 5.43. The van der Waals surface area contributed by atoms with E-state index in [0.29, 0.717) is 0 Å². The van der Waals surface area contributed by atoms with E-state index in [4.69, 9.17) is 5.73 Å². The Morgan fingerprint density at radius 2 is 2.16 bits per heavy atom. The predicted octanol–water partition coefficient (Wildman–Crippen LogP) is 0.0100. The van der Waals surface area contributed by atoms with E-state index >= 15 is 0 Å². The third-order valence-corrected chi connectivity index (χ3v) is 4.42. The predicted molar refractivity (Wildman–Crippen MR) is 76.9 cm³/mol. The summed E-state index contributed by atoms with van der Waals surface area (Å²) in [5.74, 6) is -0.223. The zero-order chi connectivity index (χ0) is 13.7. The Morgan fingerprint density at radius 3 is 2.89 bits per heavy atom. The van der Waals surface area contributed by atoms with Crippen LogP contribution in [0.3, 0.4) is 0 Å². The van der Waals surface area contributed by atoms with Gasteiger partial charge in [-0.15, -0.1) is 0 Å². The van der Waals surface area contributed by atoms with Crippen molar-refractivity contribution in [3.8, 4) is 0 Å². The highest BCUT2D eigenvalue weighted by molar-refractivity contribution is 5.79. The number of nitrogens with two attached hydrogens (primary N) is 1. The first kappa shape index (κ1) is 14.8. The van der Waals surface area contributed by atoms with Crippen LogP contribution in [-0.2, 0) is 4.79 Å². The summed E-state index contributed by atoms with van der Waals surface area (Å²) < 4.78 is 0. The van der Waals surface area contributed by atoms with Crippen LogP contribution in [0.25, 0.3) is 0 Å². The van der Waals surface area contributed by atoms with Crippen molar-refractivity contribution in [2.75, 3.05) is 39.3 Å². The van der Waals surface area contributed by atoms with Gasteiger partial charge in [0, 0.05) is 19.1 Å². The molecule has 0 aromatic heterocycles. The number of nitrogens with zero attached hydrogens (tertiary/aromatic N) is 2. The van der Waals surface area contributed by atoms with Crippen LogP contribution in [0.1, 0.15) is 32.6 Å². The van der Waals surface area contributed by atoms with Gasteiger partial charge in [-0.2, -0.15) is 0 Å². The normalized spacial score (nSPS) is 26.9. The molecular weight excluding hydrogens is 240 g/mol. The Balaban J connectivity index is 1.79. The molecule has 2 heterocycles. The maximum atomic E-state index is 11.3. The summed E-state index contributed by atoms with van der Waals surface area (Å²) in [6.07, 6.45) is 4.76. The highest BCUT2D eigenvalue weighted by Crippen LogP contribution is 2.21. The molecule has 2 rings (SSSR count). The smallest absolute Gasteiger partial charge is 0.234 e. The second-order valence-electron chi connectivity index (χ2n) is 5.79. The zero-order valence-corrected chi connectivity index (χ0v) is 12.1. The molecule has 0 aromatic rings. The minimum absolute atomic E-state index is 0.173. The number of nitrogens with one attached hydrogen (secondary N) is 1. The number of carbonyl (C=O) groups excluding carboxylic acids is 1. The fourth-order valence-electron chi connectivity index (χ4n) is 3.39. The zero-order valence-electron chi connectivity index (χ0n) is 12.1. The van der Waals surface area contributed by atoms with Crippen molar-refractivity contribution >= 4 is 5.91 Å². The Hall–Kier alpha value is -0.650. The van der Waals surface area contributed by atoms with Crippen LogP contribution in [0.15, 0.2) is 0 Å². The fourth-order valence-corrected chi connectivity index (χ4v) is 3.39. The Morgan fingerprint density at radius 1 is 1.37 bits per heavy atom. The van der Waals surface area contributed by atoms with E-state index in [1.807, 2.05) is 6.92 Å². The van der Waals surface area contributed by atoms with Crippen LogP contribution in [0.4, 0.5) is 0 Å². The Labute approximate surface area is 116 Å². The molecule has 2 aliphatic heterocycles. The van der Waals surface area contributed by atoms with Gasteiger partial charge < -0.3 is 16.0 Å². The topological polar surface area (TPSA) is 61.6 Å². The summed E-state index contributed by atoms with van der Waals surface area (Å²) in [5, 5.41) is 3.17. The first-order valence-electron chi connectivity index (χ1n) is 7.69. The molecule has 0 aromatic carbocycles. The second kappa shape index (κ2) is 7.22. The SMILES string of the molecule is CCNC(CCN1CCCN2CCCC2C1)C(N)=O. The molecule has 19 heavy (non-hydrogen) atoms. The summed E-state index contributed by atoms with van der Waals surface area (Å²) in [6, 6.07) is 0.571. The van der Waals surface area contributed by atoms with Crippen LogP contribution in [0.2, 0.25) is 0 Å². The standard InChI is InChI=1S/C14H28N4O/c1-2-16-13(14(15)19)6-10-17-7-4-9-18-8-3-5-12(18)11-17/h12-13,16H,2-11H2,1H3,(H2,15,19). The van der Waals surface area contributed by atoms with Crippen molar-refractivity contribution in [2.45, 2.75) is 44.7 Å². The number of hydrogen-bond acceptors (Lipinski definition) is 4. The van der Waals surface area contributed by atoms with Gasteiger partial charge in [-0.25, -0.2) is 0 Å². The van der Waals surface area contributed by atoms with Gasteiger partial charge in [0.25, 0.3) is 0 Å². The minimum Gasteiger partial charge on any atom is -0.368 e. The first-order chi connectivity index (χ1) is 9.20. The van der Waals surface area contributed by atoms with Crippen molar-refractivity contribution in [3.63, 3.8) is 0 Å². The van der Waals surface area contributed by atoms with Crippen molar-refractivity contribution in [1.82, 2.24) is 15.1 Å². The quantitative estimate of drug-likeness (QED) is 0.712. The van der Waals surface area contributed by atoms with E-state index in [9.17, 15) is 4.79 Å². The molecule has 2 aliphatic rings. The Bertz CT molecular complexity index is 297. The Kier molecular flexibility index (Phi) is 5.60. The van der Waals surface area contributed by atoms with Gasteiger partial charge in [0.1, 0.15) is 0 Å². The molecule has 2 saturated heterocycles. The van der Waals surface area contributed by atoms with Gasteiger partial charge in [-0.1, -0.05) is 6.92 Å². The van der Waals surface area contributed by atoms with Gasteiger partial charge in [-0.05, 0) is 51.9 Å². The van der Waals surface area contributed by atoms with Crippen LogP contribution >= 0.6 is 0 Å². The highest BCUT2D eigenvalue weighted by atomic mass is 16.1. The van der Waals surface area contributed by atoms with E-state index in [1.165, 1.54) is 32.4 Å². The summed E-state index contributed by atoms with van der Waals surface area (Å²) in [6.45, 7) is 8.63.